The fraction of sp³-hybridized carbons (Fsp3) is 0.619. The summed E-state index contributed by atoms with van der Waals surface area (Å²) in [4.78, 5) is 27.1. The molecule has 1 fully saturated rings. The summed E-state index contributed by atoms with van der Waals surface area (Å²) < 4.78 is 3.76. The van der Waals surface area contributed by atoms with Crippen molar-refractivity contribution >= 4 is 11.8 Å². The van der Waals surface area contributed by atoms with Crippen LogP contribution in [0.5, 0.6) is 0 Å². The molecule has 0 aromatic carbocycles. The van der Waals surface area contributed by atoms with Gasteiger partial charge in [0.1, 0.15) is 0 Å². The molecule has 29 heavy (non-hydrogen) atoms. The molecule has 1 aliphatic rings. The standard InChI is InChI=1S/C21H32N6O2/c1-5-26-17(4)20(16(3)24-26)21(29)25-11-7-18(8-12-25)14-19(28)22-10-13-27-15(2)6-9-23-27/h6,9,18H,5,7-8,10-14H2,1-4H3,(H,22,28). The molecule has 1 aliphatic heterocycles. The van der Waals surface area contributed by atoms with Crippen LogP contribution in [0.4, 0.5) is 0 Å². The van der Waals surface area contributed by atoms with Gasteiger partial charge >= 0.3 is 0 Å². The number of carbonyl (C=O) groups is 2. The number of nitrogens with zero attached hydrogens (tertiary/aromatic N) is 5. The number of nitrogens with one attached hydrogen (secondary N) is 1. The van der Waals surface area contributed by atoms with E-state index in [2.05, 4.69) is 15.5 Å². The second-order valence-electron chi connectivity index (χ2n) is 7.85. The average Bonchev–Trinajstić information content (AvgIpc) is 3.23. The summed E-state index contributed by atoms with van der Waals surface area (Å²) in [6.07, 6.45) is 4.00. The van der Waals surface area contributed by atoms with Crippen molar-refractivity contribution in [1.82, 2.24) is 29.8 Å². The Hall–Kier alpha value is -2.64. The molecule has 2 aromatic rings. The molecule has 8 heteroatoms. The van der Waals surface area contributed by atoms with Gasteiger partial charge in [-0.15, -0.1) is 0 Å². The molecule has 1 saturated heterocycles. The van der Waals surface area contributed by atoms with E-state index in [1.165, 1.54) is 0 Å². The molecule has 0 spiro atoms. The minimum absolute atomic E-state index is 0.0668. The van der Waals surface area contributed by atoms with E-state index in [0.717, 1.165) is 42.0 Å². The molecule has 0 atom stereocenters. The first-order valence-corrected chi connectivity index (χ1v) is 10.5. The fourth-order valence-corrected chi connectivity index (χ4v) is 4.08. The zero-order chi connectivity index (χ0) is 21.0. The van der Waals surface area contributed by atoms with E-state index in [1.807, 2.05) is 48.0 Å². The second-order valence-corrected chi connectivity index (χ2v) is 7.85. The molecule has 0 bridgehead atoms. The molecule has 8 nitrogen and oxygen atoms in total. The van der Waals surface area contributed by atoms with E-state index in [4.69, 9.17) is 0 Å². The van der Waals surface area contributed by atoms with Crippen LogP contribution in [-0.4, -0.2) is 55.9 Å². The van der Waals surface area contributed by atoms with E-state index in [0.29, 0.717) is 38.5 Å². The van der Waals surface area contributed by atoms with Crippen LogP contribution < -0.4 is 5.32 Å². The van der Waals surface area contributed by atoms with Crippen LogP contribution in [0.15, 0.2) is 12.3 Å². The minimum Gasteiger partial charge on any atom is -0.354 e. The van der Waals surface area contributed by atoms with Crippen LogP contribution in [0, 0.1) is 26.7 Å². The van der Waals surface area contributed by atoms with Gasteiger partial charge in [0.2, 0.25) is 5.91 Å². The lowest BCUT2D eigenvalue weighted by Gasteiger charge is -2.32. The van der Waals surface area contributed by atoms with Crippen LogP contribution in [0.1, 0.15) is 53.6 Å². The van der Waals surface area contributed by atoms with E-state index in [9.17, 15) is 9.59 Å². The Balaban J connectivity index is 1.44. The Labute approximate surface area is 172 Å². The quantitative estimate of drug-likeness (QED) is 0.771. The lowest BCUT2D eigenvalue weighted by Crippen LogP contribution is -2.40. The van der Waals surface area contributed by atoms with Gasteiger partial charge in [-0.1, -0.05) is 0 Å². The highest BCUT2D eigenvalue weighted by atomic mass is 16.2. The van der Waals surface area contributed by atoms with Crippen molar-refractivity contribution in [1.29, 1.82) is 0 Å². The van der Waals surface area contributed by atoms with Gasteiger partial charge in [0, 0.05) is 50.2 Å². The predicted octanol–water partition coefficient (Wildman–Crippen LogP) is 2.08. The Morgan fingerprint density at radius 1 is 1.17 bits per heavy atom. The first kappa shape index (κ1) is 21.1. The van der Waals surface area contributed by atoms with Crippen LogP contribution >= 0.6 is 0 Å². The number of aryl methyl sites for hydroxylation is 3. The van der Waals surface area contributed by atoms with Crippen molar-refractivity contribution in [3.05, 3.63) is 34.9 Å². The summed E-state index contributed by atoms with van der Waals surface area (Å²) in [5.74, 6) is 0.471. The minimum atomic E-state index is 0.0668. The van der Waals surface area contributed by atoms with Gasteiger partial charge in [0.15, 0.2) is 0 Å². The monoisotopic (exact) mass is 400 g/mol. The Morgan fingerprint density at radius 2 is 1.90 bits per heavy atom. The van der Waals surface area contributed by atoms with E-state index >= 15 is 0 Å². The SMILES string of the molecule is CCn1nc(C)c(C(=O)N2CCC(CC(=O)NCCn3nccc3C)CC2)c1C. The van der Waals surface area contributed by atoms with E-state index in [1.54, 1.807) is 6.20 Å². The molecule has 0 aliphatic carbocycles. The zero-order valence-corrected chi connectivity index (χ0v) is 17.9. The van der Waals surface area contributed by atoms with Gasteiger partial charge in [-0.05, 0) is 52.5 Å². The molecule has 2 amide bonds. The Morgan fingerprint density at radius 3 is 2.48 bits per heavy atom. The number of carbonyl (C=O) groups excluding carboxylic acids is 2. The molecule has 2 aromatic heterocycles. The third-order valence-electron chi connectivity index (χ3n) is 5.85. The highest BCUT2D eigenvalue weighted by Gasteiger charge is 2.28. The molecule has 0 radical (unpaired) electrons. The van der Waals surface area contributed by atoms with Gasteiger partial charge in [0.05, 0.1) is 17.8 Å². The number of hydrogen-bond donors (Lipinski definition) is 1. The Bertz CT molecular complexity index is 861. The van der Waals surface area contributed by atoms with Crippen LogP contribution in [0.25, 0.3) is 0 Å². The molecule has 0 unspecified atom stereocenters. The van der Waals surface area contributed by atoms with E-state index in [-0.39, 0.29) is 11.8 Å². The van der Waals surface area contributed by atoms with Crippen molar-refractivity contribution < 1.29 is 9.59 Å². The molecule has 158 valence electrons. The molecule has 0 saturated carbocycles. The van der Waals surface area contributed by atoms with Gasteiger partial charge in [0.25, 0.3) is 5.91 Å². The van der Waals surface area contributed by atoms with Crippen molar-refractivity contribution in [2.45, 2.75) is 60.0 Å². The molecular formula is C21H32N6O2. The lowest BCUT2D eigenvalue weighted by atomic mass is 9.92. The number of rotatable bonds is 7. The number of aromatic nitrogens is 4. The van der Waals surface area contributed by atoms with E-state index < -0.39 is 0 Å². The predicted molar refractivity (Wildman–Crippen MR) is 111 cm³/mol. The summed E-state index contributed by atoms with van der Waals surface area (Å²) in [5.41, 5.74) is 3.55. The largest absolute Gasteiger partial charge is 0.354 e. The number of likely N-dealkylation sites (tertiary alicyclic amines) is 1. The van der Waals surface area contributed by atoms with Gasteiger partial charge in [-0.25, -0.2) is 0 Å². The maximum Gasteiger partial charge on any atom is 0.257 e. The summed E-state index contributed by atoms with van der Waals surface area (Å²) in [6, 6.07) is 1.95. The van der Waals surface area contributed by atoms with Crippen molar-refractivity contribution in [3.63, 3.8) is 0 Å². The third kappa shape index (κ3) is 4.86. The van der Waals surface area contributed by atoms with Crippen molar-refractivity contribution in [2.75, 3.05) is 19.6 Å². The van der Waals surface area contributed by atoms with Crippen molar-refractivity contribution in [3.8, 4) is 0 Å². The maximum atomic E-state index is 13.0. The van der Waals surface area contributed by atoms with Crippen molar-refractivity contribution in [2.24, 2.45) is 5.92 Å². The lowest BCUT2D eigenvalue weighted by molar-refractivity contribution is -0.122. The third-order valence-corrected chi connectivity index (χ3v) is 5.85. The molecule has 1 N–H and O–H groups in total. The topological polar surface area (TPSA) is 85.0 Å². The average molecular weight is 401 g/mol. The highest BCUT2D eigenvalue weighted by Crippen LogP contribution is 2.23. The summed E-state index contributed by atoms with van der Waals surface area (Å²) in [5, 5.41) is 11.7. The van der Waals surface area contributed by atoms with Gasteiger partial charge in [-0.3, -0.25) is 19.0 Å². The number of piperidine rings is 1. The summed E-state index contributed by atoms with van der Waals surface area (Å²) in [6.45, 7) is 11.3. The van der Waals surface area contributed by atoms with Crippen LogP contribution in [-0.2, 0) is 17.9 Å². The summed E-state index contributed by atoms with van der Waals surface area (Å²) in [7, 11) is 0. The normalized spacial score (nSPS) is 15.0. The Kier molecular flexibility index (Phi) is 6.71. The highest BCUT2D eigenvalue weighted by molar-refractivity contribution is 5.96. The van der Waals surface area contributed by atoms with Gasteiger partial charge in [-0.2, -0.15) is 10.2 Å². The zero-order valence-electron chi connectivity index (χ0n) is 17.9. The molecular weight excluding hydrogens is 368 g/mol. The molecule has 3 heterocycles. The maximum absolute atomic E-state index is 13.0. The van der Waals surface area contributed by atoms with Crippen LogP contribution in [0.2, 0.25) is 0 Å². The first-order chi connectivity index (χ1) is 13.9. The number of amides is 2. The number of hydrogen-bond acceptors (Lipinski definition) is 4. The van der Waals surface area contributed by atoms with Crippen LogP contribution in [0.3, 0.4) is 0 Å². The van der Waals surface area contributed by atoms with Gasteiger partial charge < -0.3 is 10.2 Å². The first-order valence-electron chi connectivity index (χ1n) is 10.5. The smallest absolute Gasteiger partial charge is 0.257 e. The molecule has 3 rings (SSSR count). The second kappa shape index (κ2) is 9.24. The summed E-state index contributed by atoms with van der Waals surface area (Å²) >= 11 is 0. The fourth-order valence-electron chi connectivity index (χ4n) is 4.08.